The van der Waals surface area contributed by atoms with Crippen LogP contribution in [0.25, 0.3) is 5.69 Å². The lowest BCUT2D eigenvalue weighted by molar-refractivity contribution is -0.167. The Morgan fingerprint density at radius 2 is 1.62 bits per heavy atom. The maximum absolute atomic E-state index is 13.8. The number of rotatable bonds is 2. The third kappa shape index (κ3) is 3.36. The highest BCUT2D eigenvalue weighted by atomic mass is 35.5. The molecular weight excluding hydrogens is 459 g/mol. The third-order valence-electron chi connectivity index (χ3n) is 4.34. The summed E-state index contributed by atoms with van der Waals surface area (Å²) >= 11 is 11.6. The fraction of sp³-hybridized carbons (Fsp3) is 0.333. The lowest BCUT2D eigenvalue weighted by Crippen LogP contribution is -2.15. The van der Waals surface area contributed by atoms with Crippen LogP contribution in [0.2, 0.25) is 10.0 Å². The van der Waals surface area contributed by atoms with E-state index in [0.29, 0.717) is 16.8 Å². The van der Waals surface area contributed by atoms with Crippen LogP contribution in [0.1, 0.15) is 22.7 Å². The molecule has 2 atom stereocenters. The van der Waals surface area contributed by atoms with Gasteiger partial charge in [0.15, 0.2) is 5.69 Å². The Labute approximate surface area is 166 Å². The first-order chi connectivity index (χ1) is 13.1. The van der Waals surface area contributed by atoms with E-state index in [1.165, 1.54) is 6.07 Å². The molecule has 0 spiro atoms. The van der Waals surface area contributed by atoms with Gasteiger partial charge in [0.2, 0.25) is 0 Å². The van der Waals surface area contributed by atoms with Crippen LogP contribution in [-0.4, -0.2) is 21.9 Å². The molecule has 1 fully saturated rings. The van der Waals surface area contributed by atoms with Gasteiger partial charge in [0.05, 0.1) is 21.5 Å². The molecule has 1 aliphatic rings. The van der Waals surface area contributed by atoms with E-state index in [0.717, 1.165) is 0 Å². The van der Waals surface area contributed by atoms with Gasteiger partial charge in [0.1, 0.15) is 23.5 Å². The van der Waals surface area contributed by atoms with Crippen LogP contribution in [0.4, 0.5) is 40.9 Å². The lowest BCUT2D eigenvalue weighted by atomic mass is 10.1. The number of aromatic nitrogens is 2. The minimum Gasteiger partial charge on any atom is -0.383 e. The van der Waals surface area contributed by atoms with Crippen LogP contribution >= 0.6 is 23.2 Å². The zero-order chi connectivity index (χ0) is 22.1. The number of nitrogens with zero attached hydrogens (tertiary/aromatic N) is 3. The lowest BCUT2D eigenvalue weighted by Gasteiger charge is -2.13. The predicted molar refractivity (Wildman–Crippen MR) is 84.9 cm³/mol. The first kappa shape index (κ1) is 21.4. The topological polar surface area (TPSA) is 67.6 Å². The number of nitrogens with two attached hydrogens (primary N) is 1. The smallest absolute Gasteiger partial charge is 0.383 e. The molecular formula is C15H6Cl2F8N4. The summed E-state index contributed by atoms with van der Waals surface area (Å²) in [7, 11) is 0. The highest BCUT2D eigenvalue weighted by Gasteiger charge is 2.80. The maximum atomic E-state index is 13.8. The second kappa shape index (κ2) is 6.37. The summed E-state index contributed by atoms with van der Waals surface area (Å²) in [6, 6.07) is 2.24. The van der Waals surface area contributed by atoms with Gasteiger partial charge in [-0.15, -0.1) is 0 Å². The van der Waals surface area contributed by atoms with Gasteiger partial charge in [-0.25, -0.2) is 13.5 Å². The minimum atomic E-state index is -5.28. The molecule has 2 aromatic rings. The zero-order valence-corrected chi connectivity index (χ0v) is 15.0. The van der Waals surface area contributed by atoms with Crippen LogP contribution in [0.5, 0.6) is 0 Å². The molecule has 2 unspecified atom stereocenters. The van der Waals surface area contributed by atoms with Crippen molar-refractivity contribution in [2.45, 2.75) is 24.2 Å². The molecule has 4 nitrogen and oxygen atoms in total. The summed E-state index contributed by atoms with van der Waals surface area (Å²) in [5.41, 5.74) is 2.16. The Morgan fingerprint density at radius 3 is 2.00 bits per heavy atom. The van der Waals surface area contributed by atoms with Crippen molar-refractivity contribution in [3.63, 3.8) is 0 Å². The van der Waals surface area contributed by atoms with Gasteiger partial charge in [-0.05, 0) is 12.1 Å². The molecule has 29 heavy (non-hydrogen) atoms. The highest BCUT2D eigenvalue weighted by Crippen LogP contribution is 2.68. The quantitative estimate of drug-likeness (QED) is 0.591. The summed E-state index contributed by atoms with van der Waals surface area (Å²) in [5.74, 6) is -10.6. The van der Waals surface area contributed by atoms with Crippen molar-refractivity contribution >= 4 is 29.0 Å². The van der Waals surface area contributed by atoms with E-state index >= 15 is 0 Å². The molecule has 14 heteroatoms. The van der Waals surface area contributed by atoms with Crippen molar-refractivity contribution in [2.24, 2.45) is 5.92 Å². The Kier molecular flexibility index (Phi) is 4.71. The van der Waals surface area contributed by atoms with Gasteiger partial charge in [-0.1, -0.05) is 23.2 Å². The summed E-state index contributed by atoms with van der Waals surface area (Å²) in [6.45, 7) is 0. The highest BCUT2D eigenvalue weighted by molar-refractivity contribution is 6.38. The van der Waals surface area contributed by atoms with Crippen LogP contribution in [0.3, 0.4) is 0 Å². The van der Waals surface area contributed by atoms with Crippen molar-refractivity contribution in [1.29, 1.82) is 5.26 Å². The number of hydrogen-bond donors (Lipinski definition) is 1. The molecule has 0 amide bonds. The third-order valence-corrected chi connectivity index (χ3v) is 4.91. The number of anilines is 1. The Hall–Kier alpha value is -2.26. The number of alkyl halides is 8. The first-order valence-electron chi connectivity index (χ1n) is 7.42. The van der Waals surface area contributed by atoms with E-state index in [2.05, 4.69) is 5.10 Å². The first-order valence-corrected chi connectivity index (χ1v) is 8.17. The van der Waals surface area contributed by atoms with Gasteiger partial charge < -0.3 is 5.73 Å². The molecule has 1 heterocycles. The predicted octanol–water partition coefficient (Wildman–Crippen LogP) is 5.56. The number of benzene rings is 1. The van der Waals surface area contributed by atoms with Crippen LogP contribution in [0, 0.1) is 17.2 Å². The number of nitriles is 1. The van der Waals surface area contributed by atoms with E-state index in [4.69, 9.17) is 34.2 Å². The maximum Gasteiger partial charge on any atom is 0.416 e. The average molecular weight is 465 g/mol. The van der Waals surface area contributed by atoms with Gasteiger partial charge in [-0.3, -0.25) is 0 Å². The Balaban J connectivity index is 2.18. The average Bonchev–Trinajstić information content (AvgIpc) is 2.98. The largest absolute Gasteiger partial charge is 0.416 e. The van der Waals surface area contributed by atoms with E-state index in [1.54, 1.807) is 0 Å². The van der Waals surface area contributed by atoms with Crippen LogP contribution in [0.15, 0.2) is 12.1 Å². The number of halogens is 10. The van der Waals surface area contributed by atoms with Crippen molar-refractivity contribution in [3.05, 3.63) is 39.0 Å². The summed E-state index contributed by atoms with van der Waals surface area (Å²) in [6.07, 6.45) is -10.1. The van der Waals surface area contributed by atoms with Crippen LogP contribution in [-0.2, 0) is 6.18 Å². The van der Waals surface area contributed by atoms with Gasteiger partial charge in [0.25, 0.3) is 5.92 Å². The molecule has 3 rings (SSSR count). The number of nitrogen functional groups attached to an aromatic ring is 1. The second-order valence-corrected chi connectivity index (χ2v) is 6.94. The van der Waals surface area contributed by atoms with E-state index < -0.39 is 68.5 Å². The summed E-state index contributed by atoms with van der Waals surface area (Å²) in [5, 5.41) is 11.3. The van der Waals surface area contributed by atoms with E-state index in [1.807, 2.05) is 0 Å². The molecule has 1 aromatic carbocycles. The standard InChI is InChI=1S/C15H6Cl2F8N4/c16-5-1-4(14(20,21)22)2-6(17)10(5)29-12(27)8(7(3-26)28-29)9-11(13(9,18)19)15(23,24)25/h1-2,9,11H,27H2. The summed E-state index contributed by atoms with van der Waals surface area (Å²) in [4.78, 5) is 0. The van der Waals surface area contributed by atoms with Crippen molar-refractivity contribution in [1.82, 2.24) is 9.78 Å². The molecule has 2 N–H and O–H groups in total. The normalized spacial score (nSPS) is 21.1. The van der Waals surface area contributed by atoms with Gasteiger partial charge >= 0.3 is 12.4 Å². The monoisotopic (exact) mass is 464 g/mol. The van der Waals surface area contributed by atoms with Crippen molar-refractivity contribution in [3.8, 4) is 11.8 Å². The Bertz CT molecular complexity index is 1010. The van der Waals surface area contributed by atoms with Crippen molar-refractivity contribution < 1.29 is 35.1 Å². The molecule has 0 radical (unpaired) electrons. The molecule has 156 valence electrons. The fourth-order valence-corrected chi connectivity index (χ4v) is 3.67. The molecule has 0 bridgehead atoms. The zero-order valence-electron chi connectivity index (χ0n) is 13.5. The van der Waals surface area contributed by atoms with E-state index in [-0.39, 0.29) is 0 Å². The molecule has 0 aliphatic heterocycles. The molecule has 0 saturated heterocycles. The van der Waals surface area contributed by atoms with Gasteiger partial charge in [-0.2, -0.15) is 36.7 Å². The fourth-order valence-electron chi connectivity index (χ4n) is 3.03. The van der Waals surface area contributed by atoms with Gasteiger partial charge in [0, 0.05) is 5.56 Å². The minimum absolute atomic E-state index is 0.444. The van der Waals surface area contributed by atoms with Crippen molar-refractivity contribution in [2.75, 3.05) is 5.73 Å². The van der Waals surface area contributed by atoms with E-state index in [9.17, 15) is 35.1 Å². The summed E-state index contributed by atoms with van der Waals surface area (Å²) < 4.78 is 105. The molecule has 1 saturated carbocycles. The number of hydrogen-bond acceptors (Lipinski definition) is 3. The Morgan fingerprint density at radius 1 is 1.10 bits per heavy atom. The molecule has 1 aromatic heterocycles. The molecule has 1 aliphatic carbocycles. The SMILES string of the molecule is N#Cc1nn(-c2c(Cl)cc(C(F)(F)F)cc2Cl)c(N)c1C1C(C(F)(F)F)C1(F)F. The van der Waals surface area contributed by atoms with Crippen LogP contribution < -0.4 is 5.73 Å². The second-order valence-electron chi connectivity index (χ2n) is 6.13.